The van der Waals surface area contributed by atoms with Crippen molar-refractivity contribution in [2.45, 2.75) is 6.04 Å². The fourth-order valence-corrected chi connectivity index (χ4v) is 2.54. The summed E-state index contributed by atoms with van der Waals surface area (Å²) in [6.45, 7) is 4.96. The highest BCUT2D eigenvalue weighted by Gasteiger charge is 2.31. The predicted molar refractivity (Wildman–Crippen MR) is 82.2 cm³/mol. The van der Waals surface area contributed by atoms with E-state index in [1.807, 2.05) is 17.0 Å². The standard InChI is InChI=1S/C15H21N3O3/c1-5-8-18-11(9-17-15(18)16)10-6-7-12(19-2)14(21-4)13(10)20-3/h5-7,11H,1,8-9H2,2-4H3,(H2,16,17). The molecule has 0 aliphatic carbocycles. The molecule has 0 saturated heterocycles. The van der Waals surface area contributed by atoms with Gasteiger partial charge in [0.15, 0.2) is 17.5 Å². The maximum Gasteiger partial charge on any atom is 0.203 e. The molecule has 1 unspecified atom stereocenters. The van der Waals surface area contributed by atoms with Gasteiger partial charge in [-0.3, -0.25) is 4.99 Å². The first-order valence-corrected chi connectivity index (χ1v) is 6.64. The Hall–Kier alpha value is -2.37. The van der Waals surface area contributed by atoms with Gasteiger partial charge in [0.2, 0.25) is 5.75 Å². The van der Waals surface area contributed by atoms with E-state index >= 15 is 0 Å². The molecule has 0 saturated carbocycles. The zero-order valence-electron chi connectivity index (χ0n) is 12.6. The number of methoxy groups -OCH3 is 3. The fourth-order valence-electron chi connectivity index (χ4n) is 2.54. The number of aliphatic imine (C=N–C) groups is 1. The maximum atomic E-state index is 5.94. The molecule has 0 bridgehead atoms. The summed E-state index contributed by atoms with van der Waals surface area (Å²) in [4.78, 5) is 6.30. The van der Waals surface area contributed by atoms with E-state index in [4.69, 9.17) is 19.9 Å². The van der Waals surface area contributed by atoms with E-state index in [0.717, 1.165) is 5.56 Å². The lowest BCUT2D eigenvalue weighted by Crippen LogP contribution is -2.36. The molecular formula is C15H21N3O3. The van der Waals surface area contributed by atoms with Crippen molar-refractivity contribution in [3.05, 3.63) is 30.4 Å². The van der Waals surface area contributed by atoms with Crippen LogP contribution in [0.4, 0.5) is 0 Å². The lowest BCUT2D eigenvalue weighted by atomic mass is 10.0. The Bertz CT molecular complexity index is 557. The Kier molecular flexibility index (Phi) is 4.57. The van der Waals surface area contributed by atoms with Crippen LogP contribution in [0.5, 0.6) is 17.2 Å². The summed E-state index contributed by atoms with van der Waals surface area (Å²) in [7, 11) is 4.79. The van der Waals surface area contributed by atoms with Gasteiger partial charge in [0.25, 0.3) is 0 Å². The number of ether oxygens (including phenoxy) is 3. The van der Waals surface area contributed by atoms with Gasteiger partial charge in [0, 0.05) is 12.1 Å². The summed E-state index contributed by atoms with van der Waals surface area (Å²) in [6, 6.07) is 3.81. The van der Waals surface area contributed by atoms with Crippen LogP contribution in [0.15, 0.2) is 29.8 Å². The lowest BCUT2D eigenvalue weighted by Gasteiger charge is -2.27. The van der Waals surface area contributed by atoms with Crippen LogP contribution in [0.1, 0.15) is 11.6 Å². The monoisotopic (exact) mass is 291 g/mol. The van der Waals surface area contributed by atoms with E-state index in [0.29, 0.717) is 36.3 Å². The molecule has 0 fully saturated rings. The second-order valence-corrected chi connectivity index (χ2v) is 4.58. The molecule has 2 rings (SSSR count). The highest BCUT2D eigenvalue weighted by molar-refractivity contribution is 5.81. The molecule has 6 nitrogen and oxygen atoms in total. The van der Waals surface area contributed by atoms with Crippen molar-refractivity contribution in [3.63, 3.8) is 0 Å². The van der Waals surface area contributed by atoms with Gasteiger partial charge in [-0.25, -0.2) is 0 Å². The molecule has 1 aromatic carbocycles. The zero-order valence-corrected chi connectivity index (χ0v) is 12.6. The summed E-state index contributed by atoms with van der Waals surface area (Å²) < 4.78 is 16.3. The van der Waals surface area contributed by atoms with Gasteiger partial charge in [0.1, 0.15) is 0 Å². The number of benzene rings is 1. The van der Waals surface area contributed by atoms with Gasteiger partial charge >= 0.3 is 0 Å². The van der Waals surface area contributed by atoms with E-state index in [-0.39, 0.29) is 6.04 Å². The molecule has 0 amide bonds. The molecule has 1 aliphatic heterocycles. The number of rotatable bonds is 6. The van der Waals surface area contributed by atoms with Crippen LogP contribution in [-0.2, 0) is 0 Å². The molecule has 1 aliphatic rings. The van der Waals surface area contributed by atoms with Crippen LogP contribution >= 0.6 is 0 Å². The van der Waals surface area contributed by atoms with Gasteiger partial charge in [-0.15, -0.1) is 6.58 Å². The Morgan fingerprint density at radius 3 is 2.57 bits per heavy atom. The molecule has 1 heterocycles. The van der Waals surface area contributed by atoms with Gasteiger partial charge in [-0.1, -0.05) is 6.08 Å². The van der Waals surface area contributed by atoms with Crippen LogP contribution in [0.2, 0.25) is 0 Å². The van der Waals surface area contributed by atoms with Crippen molar-refractivity contribution in [1.82, 2.24) is 4.90 Å². The molecule has 0 radical (unpaired) electrons. The molecule has 1 aromatic rings. The first-order valence-electron chi connectivity index (χ1n) is 6.64. The largest absolute Gasteiger partial charge is 0.493 e. The van der Waals surface area contributed by atoms with Crippen LogP contribution in [-0.4, -0.2) is 45.3 Å². The fraction of sp³-hybridized carbons (Fsp3) is 0.400. The van der Waals surface area contributed by atoms with Crippen molar-refractivity contribution >= 4 is 5.96 Å². The molecular weight excluding hydrogens is 270 g/mol. The summed E-state index contributed by atoms with van der Waals surface area (Å²) in [5.74, 6) is 2.35. The molecule has 1 atom stereocenters. The molecule has 2 N–H and O–H groups in total. The Morgan fingerprint density at radius 1 is 1.29 bits per heavy atom. The number of nitrogens with two attached hydrogens (primary N) is 1. The van der Waals surface area contributed by atoms with Crippen LogP contribution in [0, 0.1) is 0 Å². The molecule has 21 heavy (non-hydrogen) atoms. The van der Waals surface area contributed by atoms with Crippen LogP contribution in [0.3, 0.4) is 0 Å². The van der Waals surface area contributed by atoms with E-state index in [2.05, 4.69) is 11.6 Å². The number of nitrogens with zero attached hydrogens (tertiary/aromatic N) is 2. The summed E-state index contributed by atoms with van der Waals surface area (Å²) in [5.41, 5.74) is 6.90. The minimum atomic E-state index is -0.00208. The van der Waals surface area contributed by atoms with Gasteiger partial charge < -0.3 is 24.8 Å². The topological polar surface area (TPSA) is 69.3 Å². The van der Waals surface area contributed by atoms with Crippen LogP contribution < -0.4 is 19.9 Å². The smallest absolute Gasteiger partial charge is 0.203 e. The minimum Gasteiger partial charge on any atom is -0.493 e. The van der Waals surface area contributed by atoms with Crippen LogP contribution in [0.25, 0.3) is 0 Å². The molecule has 0 spiro atoms. The first-order chi connectivity index (χ1) is 10.2. The van der Waals surface area contributed by atoms with Crippen molar-refractivity contribution in [1.29, 1.82) is 0 Å². The summed E-state index contributed by atoms with van der Waals surface area (Å²) in [6.07, 6.45) is 1.80. The van der Waals surface area contributed by atoms with Gasteiger partial charge in [-0.05, 0) is 12.1 Å². The predicted octanol–water partition coefficient (Wildman–Crippen LogP) is 1.57. The highest BCUT2D eigenvalue weighted by Crippen LogP contribution is 2.44. The SMILES string of the molecule is C=CCN1C(N)=NCC1c1ccc(OC)c(OC)c1OC. The Morgan fingerprint density at radius 2 is 2.00 bits per heavy atom. The molecule has 6 heteroatoms. The van der Waals surface area contributed by atoms with E-state index in [1.54, 1.807) is 27.4 Å². The number of guanidine groups is 1. The normalized spacial score (nSPS) is 17.4. The second-order valence-electron chi connectivity index (χ2n) is 4.58. The van der Waals surface area contributed by atoms with E-state index in [9.17, 15) is 0 Å². The Labute approximate surface area is 124 Å². The van der Waals surface area contributed by atoms with Crippen molar-refractivity contribution in [2.24, 2.45) is 10.7 Å². The zero-order chi connectivity index (χ0) is 15.4. The third kappa shape index (κ3) is 2.61. The quantitative estimate of drug-likeness (QED) is 0.806. The minimum absolute atomic E-state index is 0.00208. The summed E-state index contributed by atoms with van der Waals surface area (Å²) in [5, 5.41) is 0. The van der Waals surface area contributed by atoms with Gasteiger partial charge in [0.05, 0.1) is 33.9 Å². The summed E-state index contributed by atoms with van der Waals surface area (Å²) >= 11 is 0. The first kappa shape index (κ1) is 15.0. The van der Waals surface area contributed by atoms with Gasteiger partial charge in [-0.2, -0.15) is 0 Å². The third-order valence-corrected chi connectivity index (χ3v) is 3.52. The van der Waals surface area contributed by atoms with Crippen molar-refractivity contribution in [3.8, 4) is 17.2 Å². The highest BCUT2D eigenvalue weighted by atomic mass is 16.5. The average Bonchev–Trinajstić information content (AvgIpc) is 2.87. The lowest BCUT2D eigenvalue weighted by molar-refractivity contribution is 0.310. The maximum absolute atomic E-state index is 5.94. The molecule has 114 valence electrons. The third-order valence-electron chi connectivity index (χ3n) is 3.52. The van der Waals surface area contributed by atoms with Crippen molar-refractivity contribution in [2.75, 3.05) is 34.4 Å². The Balaban J connectivity index is 2.46. The molecule has 0 aromatic heterocycles. The number of hydrogen-bond donors (Lipinski definition) is 1. The number of hydrogen-bond acceptors (Lipinski definition) is 6. The van der Waals surface area contributed by atoms with E-state index < -0.39 is 0 Å². The average molecular weight is 291 g/mol. The van der Waals surface area contributed by atoms with Crippen molar-refractivity contribution < 1.29 is 14.2 Å². The van der Waals surface area contributed by atoms with E-state index in [1.165, 1.54) is 0 Å². The second kappa shape index (κ2) is 6.39.